The highest BCUT2D eigenvalue weighted by molar-refractivity contribution is 5.39. The summed E-state index contributed by atoms with van der Waals surface area (Å²) < 4.78 is 1.77. The predicted octanol–water partition coefficient (Wildman–Crippen LogP) is 2.90. The zero-order valence-corrected chi connectivity index (χ0v) is 12.0. The maximum atomic E-state index is 4.14. The lowest BCUT2D eigenvalue weighted by Gasteiger charge is -2.34. The van der Waals surface area contributed by atoms with E-state index in [1.54, 1.807) is 4.68 Å². The van der Waals surface area contributed by atoms with Gasteiger partial charge in [0, 0.05) is 6.04 Å². The largest absolute Gasteiger partial charge is 0.350 e. The van der Waals surface area contributed by atoms with Crippen molar-refractivity contribution in [3.63, 3.8) is 0 Å². The number of aromatic nitrogens is 4. The van der Waals surface area contributed by atoms with E-state index < -0.39 is 0 Å². The first-order chi connectivity index (χ1) is 9.75. The molecule has 1 heterocycles. The van der Waals surface area contributed by atoms with Crippen molar-refractivity contribution in [3.05, 3.63) is 30.3 Å². The van der Waals surface area contributed by atoms with Crippen molar-refractivity contribution in [2.75, 3.05) is 5.32 Å². The van der Waals surface area contributed by atoms with E-state index >= 15 is 0 Å². The Hall–Kier alpha value is -1.91. The summed E-state index contributed by atoms with van der Waals surface area (Å²) in [5.41, 5.74) is 0.983. The third kappa shape index (κ3) is 2.53. The zero-order chi connectivity index (χ0) is 13.9. The van der Waals surface area contributed by atoms with Crippen LogP contribution in [0.1, 0.15) is 33.1 Å². The highest BCUT2D eigenvalue weighted by Crippen LogP contribution is 2.31. The maximum Gasteiger partial charge on any atom is 0.247 e. The van der Waals surface area contributed by atoms with Gasteiger partial charge in [-0.1, -0.05) is 50.0 Å². The van der Waals surface area contributed by atoms with Crippen molar-refractivity contribution in [3.8, 4) is 5.69 Å². The van der Waals surface area contributed by atoms with Crippen LogP contribution in [-0.4, -0.2) is 26.2 Å². The molecule has 1 aromatic carbocycles. The van der Waals surface area contributed by atoms with Gasteiger partial charge in [-0.15, -0.1) is 0 Å². The zero-order valence-electron chi connectivity index (χ0n) is 12.0. The fraction of sp³-hybridized carbons (Fsp3) is 0.533. The number of tetrazole rings is 1. The lowest BCUT2D eigenvalue weighted by Crippen LogP contribution is -2.35. The first-order valence-electron chi connectivity index (χ1n) is 7.36. The van der Waals surface area contributed by atoms with Crippen LogP contribution < -0.4 is 5.32 Å². The summed E-state index contributed by atoms with van der Waals surface area (Å²) >= 11 is 0. The smallest absolute Gasteiger partial charge is 0.247 e. The Kier molecular flexibility index (Phi) is 3.67. The second kappa shape index (κ2) is 5.61. The average molecular weight is 271 g/mol. The molecule has 0 saturated heterocycles. The highest BCUT2D eigenvalue weighted by Gasteiger charge is 2.28. The molecule has 1 aliphatic rings. The van der Waals surface area contributed by atoms with E-state index in [1.165, 1.54) is 19.3 Å². The molecule has 2 aromatic rings. The second-order valence-electron chi connectivity index (χ2n) is 5.77. The van der Waals surface area contributed by atoms with Gasteiger partial charge in [-0.2, -0.15) is 4.68 Å². The van der Waals surface area contributed by atoms with Crippen molar-refractivity contribution in [2.24, 2.45) is 11.8 Å². The van der Waals surface area contributed by atoms with Crippen molar-refractivity contribution in [2.45, 2.75) is 39.2 Å². The SMILES string of the molecule is C[C@H]1[C@H](C)CCC[C@H]1Nc1nnnn1-c1ccccc1. The molecular formula is C15H21N5. The summed E-state index contributed by atoms with van der Waals surface area (Å²) in [7, 11) is 0. The van der Waals surface area contributed by atoms with Crippen LogP contribution in [-0.2, 0) is 0 Å². The Balaban J connectivity index is 1.80. The molecule has 106 valence electrons. The minimum absolute atomic E-state index is 0.451. The molecule has 0 radical (unpaired) electrons. The Morgan fingerprint density at radius 3 is 2.75 bits per heavy atom. The molecule has 3 atom stereocenters. The molecule has 1 saturated carbocycles. The van der Waals surface area contributed by atoms with Crippen LogP contribution in [0, 0.1) is 11.8 Å². The molecule has 0 amide bonds. The van der Waals surface area contributed by atoms with Crippen LogP contribution in [0.2, 0.25) is 0 Å². The molecule has 0 spiro atoms. The normalized spacial score (nSPS) is 26.4. The van der Waals surface area contributed by atoms with E-state index in [0.717, 1.165) is 17.6 Å². The number of rotatable bonds is 3. The minimum Gasteiger partial charge on any atom is -0.350 e. The molecule has 5 nitrogen and oxygen atoms in total. The summed E-state index contributed by atoms with van der Waals surface area (Å²) in [4.78, 5) is 0. The number of nitrogens with zero attached hydrogens (tertiary/aromatic N) is 4. The molecule has 1 N–H and O–H groups in total. The highest BCUT2D eigenvalue weighted by atomic mass is 15.6. The van der Waals surface area contributed by atoms with Crippen LogP contribution in [0.15, 0.2) is 30.3 Å². The standard InChI is InChI=1S/C15H21N5/c1-11-7-6-10-14(12(11)2)16-15-17-18-19-20(15)13-8-4-3-5-9-13/h3-5,8-9,11-12,14H,6-7,10H2,1-2H3,(H,16,17,19)/t11-,12+,14-/m1/s1. The molecular weight excluding hydrogens is 250 g/mol. The van der Waals surface area contributed by atoms with Crippen LogP contribution >= 0.6 is 0 Å². The number of anilines is 1. The third-order valence-electron chi connectivity index (χ3n) is 4.49. The van der Waals surface area contributed by atoms with Gasteiger partial charge in [0.1, 0.15) is 0 Å². The van der Waals surface area contributed by atoms with E-state index in [9.17, 15) is 0 Å². The fourth-order valence-corrected chi connectivity index (χ4v) is 2.97. The van der Waals surface area contributed by atoms with Crippen LogP contribution in [0.3, 0.4) is 0 Å². The van der Waals surface area contributed by atoms with E-state index in [4.69, 9.17) is 0 Å². The molecule has 1 aliphatic carbocycles. The molecule has 5 heteroatoms. The summed E-state index contributed by atoms with van der Waals surface area (Å²) in [6, 6.07) is 10.4. The Morgan fingerprint density at radius 1 is 1.15 bits per heavy atom. The van der Waals surface area contributed by atoms with Crippen LogP contribution in [0.5, 0.6) is 0 Å². The van der Waals surface area contributed by atoms with E-state index in [-0.39, 0.29) is 0 Å². The molecule has 0 aliphatic heterocycles. The summed E-state index contributed by atoms with van der Waals surface area (Å²) in [6.45, 7) is 4.65. The fourth-order valence-electron chi connectivity index (χ4n) is 2.97. The molecule has 1 aromatic heterocycles. The number of benzene rings is 1. The topological polar surface area (TPSA) is 55.6 Å². The Labute approximate surface area is 119 Å². The van der Waals surface area contributed by atoms with Gasteiger partial charge in [-0.25, -0.2) is 0 Å². The molecule has 0 bridgehead atoms. The van der Waals surface area contributed by atoms with E-state index in [1.807, 2.05) is 30.3 Å². The number of hydrogen-bond donors (Lipinski definition) is 1. The van der Waals surface area contributed by atoms with Crippen molar-refractivity contribution in [1.82, 2.24) is 20.2 Å². The first kappa shape index (κ1) is 13.1. The Bertz CT molecular complexity index is 550. The lowest BCUT2D eigenvalue weighted by atomic mass is 9.78. The van der Waals surface area contributed by atoms with Gasteiger partial charge >= 0.3 is 0 Å². The van der Waals surface area contributed by atoms with Gasteiger partial charge < -0.3 is 5.32 Å². The predicted molar refractivity (Wildman–Crippen MR) is 78.7 cm³/mol. The van der Waals surface area contributed by atoms with Gasteiger partial charge in [0.05, 0.1) is 5.69 Å². The van der Waals surface area contributed by atoms with E-state index in [0.29, 0.717) is 12.0 Å². The van der Waals surface area contributed by atoms with Gasteiger partial charge in [-0.3, -0.25) is 0 Å². The van der Waals surface area contributed by atoms with Crippen LogP contribution in [0.25, 0.3) is 5.69 Å². The maximum absolute atomic E-state index is 4.14. The lowest BCUT2D eigenvalue weighted by molar-refractivity contribution is 0.252. The molecule has 20 heavy (non-hydrogen) atoms. The Morgan fingerprint density at radius 2 is 1.95 bits per heavy atom. The number of para-hydroxylation sites is 1. The van der Waals surface area contributed by atoms with Crippen molar-refractivity contribution >= 4 is 5.95 Å². The average Bonchev–Trinajstić information content (AvgIpc) is 2.93. The van der Waals surface area contributed by atoms with Crippen molar-refractivity contribution < 1.29 is 0 Å². The molecule has 0 unspecified atom stereocenters. The van der Waals surface area contributed by atoms with Crippen LogP contribution in [0.4, 0.5) is 5.95 Å². The van der Waals surface area contributed by atoms with Gasteiger partial charge in [-0.05, 0) is 40.8 Å². The first-order valence-corrected chi connectivity index (χ1v) is 7.36. The molecule has 1 fully saturated rings. The minimum atomic E-state index is 0.451. The summed E-state index contributed by atoms with van der Waals surface area (Å²) in [5.74, 6) is 2.13. The quantitative estimate of drug-likeness (QED) is 0.932. The molecule has 3 rings (SSSR count). The monoisotopic (exact) mass is 271 g/mol. The second-order valence-corrected chi connectivity index (χ2v) is 5.77. The van der Waals surface area contributed by atoms with Crippen molar-refractivity contribution in [1.29, 1.82) is 0 Å². The number of nitrogens with one attached hydrogen (secondary N) is 1. The third-order valence-corrected chi connectivity index (χ3v) is 4.49. The van der Waals surface area contributed by atoms with Gasteiger partial charge in [0.25, 0.3) is 0 Å². The van der Waals surface area contributed by atoms with Gasteiger partial charge in [0.2, 0.25) is 5.95 Å². The number of hydrogen-bond acceptors (Lipinski definition) is 4. The summed E-state index contributed by atoms with van der Waals surface area (Å²) in [5, 5.41) is 15.6. The van der Waals surface area contributed by atoms with Gasteiger partial charge in [0.15, 0.2) is 0 Å². The summed E-state index contributed by atoms with van der Waals surface area (Å²) in [6.07, 6.45) is 3.78. The van der Waals surface area contributed by atoms with E-state index in [2.05, 4.69) is 34.7 Å².